The Morgan fingerprint density at radius 1 is 1.13 bits per heavy atom. The molecule has 31 heavy (non-hydrogen) atoms. The van der Waals surface area contributed by atoms with Crippen LogP contribution in [0, 0.1) is 0 Å². The average Bonchev–Trinajstić information content (AvgIpc) is 2.72. The number of primary sulfonamides is 1. The predicted octanol–water partition coefficient (Wildman–Crippen LogP) is 2.53. The van der Waals surface area contributed by atoms with E-state index in [1.165, 1.54) is 12.1 Å². The van der Waals surface area contributed by atoms with Crippen molar-refractivity contribution in [2.75, 3.05) is 26.7 Å². The molecule has 0 radical (unpaired) electrons. The van der Waals surface area contributed by atoms with Crippen LogP contribution in [0.2, 0.25) is 0 Å². The van der Waals surface area contributed by atoms with Gasteiger partial charge in [-0.1, -0.05) is 18.2 Å². The van der Waals surface area contributed by atoms with E-state index < -0.39 is 10.0 Å². The Kier molecular flexibility index (Phi) is 11.6. The smallest absolute Gasteiger partial charge is 0.238 e. The fourth-order valence-electron chi connectivity index (χ4n) is 2.68. The van der Waals surface area contributed by atoms with Gasteiger partial charge in [0.15, 0.2) is 5.96 Å². The number of nitrogens with one attached hydrogen (secondary N) is 2. The summed E-state index contributed by atoms with van der Waals surface area (Å²) < 4.78 is 33.7. The van der Waals surface area contributed by atoms with Crippen LogP contribution in [-0.4, -0.2) is 47.2 Å². The molecule has 172 valence electrons. The quantitative estimate of drug-likeness (QED) is 0.233. The number of hydrogen-bond donors (Lipinski definition) is 3. The maximum atomic E-state index is 11.3. The number of methoxy groups -OCH3 is 1. The minimum absolute atomic E-state index is 0. The van der Waals surface area contributed by atoms with E-state index in [9.17, 15) is 8.42 Å². The van der Waals surface area contributed by atoms with Crippen molar-refractivity contribution in [3.63, 3.8) is 0 Å². The SMILES string of the molecule is CCNC(=NCC(C)Oc1cccc(OC)c1)NCCc1ccc(S(N)(=O)=O)cc1.I. The van der Waals surface area contributed by atoms with Gasteiger partial charge in [0.05, 0.1) is 18.6 Å². The van der Waals surface area contributed by atoms with Crippen LogP contribution in [0.15, 0.2) is 58.4 Å². The fraction of sp³-hybridized carbons (Fsp3) is 0.381. The van der Waals surface area contributed by atoms with Gasteiger partial charge in [-0.2, -0.15) is 0 Å². The second-order valence-electron chi connectivity index (χ2n) is 6.69. The van der Waals surface area contributed by atoms with E-state index in [0.29, 0.717) is 25.5 Å². The zero-order valence-corrected chi connectivity index (χ0v) is 21.1. The Hall–Kier alpha value is -2.05. The summed E-state index contributed by atoms with van der Waals surface area (Å²) in [6.45, 7) is 5.82. The lowest BCUT2D eigenvalue weighted by Gasteiger charge is -2.15. The third-order valence-electron chi connectivity index (χ3n) is 4.19. The zero-order chi connectivity index (χ0) is 22.0. The van der Waals surface area contributed by atoms with Gasteiger partial charge in [-0.25, -0.2) is 18.5 Å². The van der Waals surface area contributed by atoms with Crippen molar-refractivity contribution in [2.45, 2.75) is 31.3 Å². The molecule has 0 aliphatic rings. The van der Waals surface area contributed by atoms with Gasteiger partial charge in [-0.3, -0.25) is 0 Å². The molecular formula is C21H31IN4O4S. The molecule has 0 saturated heterocycles. The largest absolute Gasteiger partial charge is 0.497 e. The third kappa shape index (κ3) is 9.74. The van der Waals surface area contributed by atoms with Crippen molar-refractivity contribution in [3.05, 3.63) is 54.1 Å². The van der Waals surface area contributed by atoms with E-state index in [4.69, 9.17) is 14.6 Å². The molecule has 2 aromatic rings. The highest BCUT2D eigenvalue weighted by Gasteiger charge is 2.08. The minimum atomic E-state index is -3.67. The van der Waals surface area contributed by atoms with Gasteiger partial charge in [0.25, 0.3) is 0 Å². The van der Waals surface area contributed by atoms with Crippen molar-refractivity contribution in [1.82, 2.24) is 10.6 Å². The van der Waals surface area contributed by atoms with Gasteiger partial charge in [0.2, 0.25) is 10.0 Å². The summed E-state index contributed by atoms with van der Waals surface area (Å²) in [6, 6.07) is 14.0. The molecule has 1 atom stereocenters. The first-order chi connectivity index (χ1) is 14.3. The van der Waals surface area contributed by atoms with E-state index in [1.54, 1.807) is 19.2 Å². The molecule has 8 nitrogen and oxygen atoms in total. The van der Waals surface area contributed by atoms with Crippen molar-refractivity contribution in [2.24, 2.45) is 10.1 Å². The molecule has 0 aliphatic heterocycles. The number of aliphatic imine (C=N–C) groups is 1. The number of hydrogen-bond acceptors (Lipinski definition) is 5. The average molecular weight is 562 g/mol. The molecule has 0 aromatic heterocycles. The number of nitrogens with two attached hydrogens (primary N) is 1. The lowest BCUT2D eigenvalue weighted by molar-refractivity contribution is 0.229. The number of nitrogens with zero attached hydrogens (tertiary/aromatic N) is 1. The summed E-state index contributed by atoms with van der Waals surface area (Å²) in [6.07, 6.45) is 0.601. The first-order valence-electron chi connectivity index (χ1n) is 9.76. The van der Waals surface area contributed by atoms with Crippen LogP contribution in [0.5, 0.6) is 11.5 Å². The van der Waals surface area contributed by atoms with E-state index in [2.05, 4.69) is 15.6 Å². The van der Waals surface area contributed by atoms with Gasteiger partial charge in [0, 0.05) is 19.2 Å². The molecule has 0 heterocycles. The lowest BCUT2D eigenvalue weighted by atomic mass is 10.1. The molecule has 0 spiro atoms. The van der Waals surface area contributed by atoms with E-state index in [-0.39, 0.29) is 35.0 Å². The summed E-state index contributed by atoms with van der Waals surface area (Å²) in [4.78, 5) is 4.68. The molecular weight excluding hydrogens is 531 g/mol. The number of ether oxygens (including phenoxy) is 2. The minimum Gasteiger partial charge on any atom is -0.497 e. The Balaban J connectivity index is 0.00000480. The van der Waals surface area contributed by atoms with E-state index in [0.717, 1.165) is 23.6 Å². The highest BCUT2D eigenvalue weighted by Crippen LogP contribution is 2.19. The van der Waals surface area contributed by atoms with Crippen molar-refractivity contribution < 1.29 is 17.9 Å². The van der Waals surface area contributed by atoms with Crippen molar-refractivity contribution in [3.8, 4) is 11.5 Å². The highest BCUT2D eigenvalue weighted by atomic mass is 127. The number of guanidine groups is 1. The van der Waals surface area contributed by atoms with Gasteiger partial charge < -0.3 is 20.1 Å². The van der Waals surface area contributed by atoms with E-state index >= 15 is 0 Å². The molecule has 2 rings (SSSR count). The summed E-state index contributed by atoms with van der Waals surface area (Å²) in [7, 11) is -2.05. The zero-order valence-electron chi connectivity index (χ0n) is 18.0. The third-order valence-corrected chi connectivity index (χ3v) is 5.12. The van der Waals surface area contributed by atoms with Crippen LogP contribution in [0.25, 0.3) is 0 Å². The predicted molar refractivity (Wildman–Crippen MR) is 134 cm³/mol. The number of benzene rings is 2. The summed E-state index contributed by atoms with van der Waals surface area (Å²) in [5.74, 6) is 2.17. The molecule has 1 unspecified atom stereocenters. The lowest BCUT2D eigenvalue weighted by Crippen LogP contribution is -2.39. The Morgan fingerprint density at radius 3 is 2.42 bits per heavy atom. The Morgan fingerprint density at radius 2 is 1.81 bits per heavy atom. The topological polar surface area (TPSA) is 115 Å². The van der Waals surface area contributed by atoms with Gasteiger partial charge in [0.1, 0.15) is 17.6 Å². The van der Waals surface area contributed by atoms with E-state index in [1.807, 2.05) is 38.1 Å². The summed E-state index contributed by atoms with van der Waals surface area (Å²) >= 11 is 0. The standard InChI is InChI=1S/C21H30N4O4S.HI/c1-4-23-21(24-13-12-17-8-10-20(11-9-17)30(22,26)27)25-15-16(2)29-19-7-5-6-18(14-19)28-3;/h5-11,14,16H,4,12-13,15H2,1-3H3,(H2,22,26,27)(H2,23,24,25);1H. The van der Waals surface area contributed by atoms with Crippen LogP contribution in [0.3, 0.4) is 0 Å². The van der Waals surface area contributed by atoms with Gasteiger partial charge >= 0.3 is 0 Å². The van der Waals surface area contributed by atoms with Crippen LogP contribution in [0.1, 0.15) is 19.4 Å². The highest BCUT2D eigenvalue weighted by molar-refractivity contribution is 14.0. The Bertz CT molecular complexity index is 937. The number of sulfonamides is 1. The first kappa shape index (κ1) is 27.0. The molecule has 4 N–H and O–H groups in total. The molecule has 0 saturated carbocycles. The maximum Gasteiger partial charge on any atom is 0.238 e. The number of halogens is 1. The summed E-state index contributed by atoms with van der Waals surface area (Å²) in [5.41, 5.74) is 1.00. The Labute approximate surface area is 201 Å². The van der Waals surface area contributed by atoms with Gasteiger partial charge in [-0.15, -0.1) is 24.0 Å². The first-order valence-corrected chi connectivity index (χ1v) is 11.3. The summed E-state index contributed by atoms with van der Waals surface area (Å²) in [5, 5.41) is 11.6. The van der Waals surface area contributed by atoms with Gasteiger partial charge in [-0.05, 0) is 50.1 Å². The van der Waals surface area contributed by atoms with Crippen LogP contribution in [0.4, 0.5) is 0 Å². The molecule has 0 fully saturated rings. The molecule has 0 amide bonds. The van der Waals surface area contributed by atoms with Crippen LogP contribution < -0.4 is 25.2 Å². The van der Waals surface area contributed by atoms with Crippen molar-refractivity contribution in [1.29, 1.82) is 0 Å². The van der Waals surface area contributed by atoms with Crippen LogP contribution >= 0.6 is 24.0 Å². The van der Waals surface area contributed by atoms with Crippen LogP contribution in [-0.2, 0) is 16.4 Å². The normalized spacial score (nSPS) is 12.5. The van der Waals surface area contributed by atoms with Crippen molar-refractivity contribution >= 4 is 40.0 Å². The second-order valence-corrected chi connectivity index (χ2v) is 8.25. The monoisotopic (exact) mass is 562 g/mol. The number of rotatable bonds is 10. The second kappa shape index (κ2) is 13.4. The molecule has 10 heteroatoms. The molecule has 0 aliphatic carbocycles. The fourth-order valence-corrected chi connectivity index (χ4v) is 3.19. The molecule has 0 bridgehead atoms. The maximum absolute atomic E-state index is 11.3. The molecule has 2 aromatic carbocycles.